The van der Waals surface area contributed by atoms with Gasteiger partial charge in [0.15, 0.2) is 11.6 Å². The molecule has 1 aromatic carbocycles. The van der Waals surface area contributed by atoms with Crippen LogP contribution in [0.4, 0.5) is 0 Å². The van der Waals surface area contributed by atoms with Crippen LogP contribution in [-0.4, -0.2) is 15.9 Å². The maximum atomic E-state index is 11.3. The van der Waals surface area contributed by atoms with Crippen molar-refractivity contribution in [1.82, 2.24) is 9.97 Å². The molecule has 5 nitrogen and oxygen atoms in total. The van der Waals surface area contributed by atoms with Crippen molar-refractivity contribution in [2.75, 3.05) is 0 Å². The van der Waals surface area contributed by atoms with Crippen molar-refractivity contribution < 1.29 is 14.6 Å². The number of aromatic nitrogens is 2. The highest BCUT2D eigenvalue weighted by atomic mass is 17.2. The van der Waals surface area contributed by atoms with Gasteiger partial charge in [-0.15, -0.1) is 0 Å². The van der Waals surface area contributed by atoms with E-state index in [4.69, 9.17) is 9.78 Å². The fraction of sp³-hybridized carbons (Fsp3) is 0.476. The zero-order valence-electron chi connectivity index (χ0n) is 15.7. The zero-order chi connectivity index (χ0) is 18.6. The Kier molecular flexibility index (Phi) is 8.60. The van der Waals surface area contributed by atoms with Crippen LogP contribution in [0.1, 0.15) is 64.4 Å². The van der Waals surface area contributed by atoms with Gasteiger partial charge in [0.1, 0.15) is 0 Å². The average Bonchev–Trinajstić information content (AvgIpc) is 2.67. The molecule has 5 heteroatoms. The Morgan fingerprint density at radius 3 is 2.27 bits per heavy atom. The van der Waals surface area contributed by atoms with Gasteiger partial charge in [0, 0.05) is 24.4 Å². The molecule has 0 saturated heterocycles. The summed E-state index contributed by atoms with van der Waals surface area (Å²) in [6, 6.07) is 7.17. The molecule has 2 rings (SSSR count). The van der Waals surface area contributed by atoms with Crippen molar-refractivity contribution in [3.05, 3.63) is 42.2 Å². The van der Waals surface area contributed by atoms with Crippen LogP contribution in [-0.2, 0) is 16.1 Å². The summed E-state index contributed by atoms with van der Waals surface area (Å²) >= 11 is 0. The summed E-state index contributed by atoms with van der Waals surface area (Å²) in [7, 11) is 0. The first kappa shape index (κ1) is 19.9. The minimum Gasteiger partial charge on any atom is -0.287 e. The molecule has 0 unspecified atom stereocenters. The molecule has 0 N–H and O–H groups in total. The fourth-order valence-corrected chi connectivity index (χ4v) is 2.57. The molecule has 26 heavy (non-hydrogen) atoms. The van der Waals surface area contributed by atoms with E-state index in [9.17, 15) is 4.79 Å². The van der Waals surface area contributed by atoms with Gasteiger partial charge >= 0.3 is 5.97 Å². The molecule has 0 radical (unpaired) electrons. The molecule has 0 bridgehead atoms. The largest absolute Gasteiger partial charge is 0.355 e. The lowest BCUT2D eigenvalue weighted by Gasteiger charge is -2.06. The normalized spacial score (nSPS) is 10.5. The van der Waals surface area contributed by atoms with Gasteiger partial charge in [-0.05, 0) is 49.1 Å². The molecule has 0 aliphatic heterocycles. The first-order chi connectivity index (χ1) is 12.7. The third kappa shape index (κ3) is 6.82. The van der Waals surface area contributed by atoms with E-state index in [2.05, 4.69) is 16.9 Å². The van der Waals surface area contributed by atoms with Gasteiger partial charge in [-0.25, -0.2) is 14.8 Å². The second kappa shape index (κ2) is 11.2. The summed E-state index contributed by atoms with van der Waals surface area (Å²) in [6.07, 6.45) is 12.2. The molecule has 2 aromatic rings. The third-order valence-corrected chi connectivity index (χ3v) is 4.07. The number of nitrogens with zero attached hydrogens (tertiary/aromatic N) is 2. The van der Waals surface area contributed by atoms with Crippen molar-refractivity contribution in [1.29, 1.82) is 0 Å². The van der Waals surface area contributed by atoms with Crippen LogP contribution < -0.4 is 4.89 Å². The van der Waals surface area contributed by atoms with Crippen molar-refractivity contribution in [2.24, 2.45) is 0 Å². The molecular weight excluding hydrogens is 328 g/mol. The van der Waals surface area contributed by atoms with Gasteiger partial charge in [-0.3, -0.25) is 9.78 Å². The number of hydrogen-bond acceptors (Lipinski definition) is 5. The summed E-state index contributed by atoms with van der Waals surface area (Å²) in [5.74, 6) is 0.779. The Bertz CT molecular complexity index is 654. The monoisotopic (exact) mass is 356 g/mol. The standard InChI is InChI=1S/C21H28N2O3/c1-3-5-6-7-8-10-17-15-22-21(23-16-17)18-11-13-19(14-12-18)25-26-20(24)9-4-2/h11-16H,3-10H2,1-2H3. The van der Waals surface area contributed by atoms with E-state index in [0.717, 1.165) is 18.4 Å². The van der Waals surface area contributed by atoms with Gasteiger partial charge in [0.05, 0.1) is 0 Å². The molecule has 1 heterocycles. The van der Waals surface area contributed by atoms with E-state index in [1.807, 2.05) is 31.5 Å². The number of benzene rings is 1. The number of aryl methyl sites for hydroxylation is 1. The smallest absolute Gasteiger partial charge is 0.287 e. The van der Waals surface area contributed by atoms with Crippen LogP contribution in [0.3, 0.4) is 0 Å². The Labute approximate surface area is 155 Å². The summed E-state index contributed by atoms with van der Waals surface area (Å²) in [6.45, 7) is 4.14. The van der Waals surface area contributed by atoms with Crippen molar-refractivity contribution in [3.8, 4) is 17.1 Å². The van der Waals surface area contributed by atoms with E-state index in [-0.39, 0.29) is 5.97 Å². The Hall–Kier alpha value is -2.43. The predicted molar refractivity (Wildman–Crippen MR) is 102 cm³/mol. The van der Waals surface area contributed by atoms with E-state index in [1.54, 1.807) is 12.1 Å². The Balaban J connectivity index is 1.83. The quantitative estimate of drug-likeness (QED) is 0.311. The first-order valence-corrected chi connectivity index (χ1v) is 9.51. The van der Waals surface area contributed by atoms with Crippen LogP contribution in [0.5, 0.6) is 5.75 Å². The van der Waals surface area contributed by atoms with Gasteiger partial charge in [0.2, 0.25) is 0 Å². The summed E-state index contributed by atoms with van der Waals surface area (Å²) in [4.78, 5) is 29.9. The summed E-state index contributed by atoms with van der Waals surface area (Å²) in [5, 5.41) is 0. The molecular formula is C21H28N2O3. The second-order valence-electron chi connectivity index (χ2n) is 6.39. The zero-order valence-corrected chi connectivity index (χ0v) is 15.7. The fourth-order valence-electron chi connectivity index (χ4n) is 2.57. The molecule has 0 atom stereocenters. The maximum Gasteiger partial charge on any atom is 0.355 e. The van der Waals surface area contributed by atoms with Crippen LogP contribution in [0.2, 0.25) is 0 Å². The molecule has 0 fully saturated rings. The highest BCUT2D eigenvalue weighted by Crippen LogP contribution is 2.20. The second-order valence-corrected chi connectivity index (χ2v) is 6.39. The molecule has 140 valence electrons. The maximum absolute atomic E-state index is 11.3. The van der Waals surface area contributed by atoms with E-state index >= 15 is 0 Å². The lowest BCUT2D eigenvalue weighted by Crippen LogP contribution is -2.06. The van der Waals surface area contributed by atoms with Gasteiger partial charge in [-0.1, -0.05) is 39.5 Å². The van der Waals surface area contributed by atoms with Crippen LogP contribution in [0.15, 0.2) is 36.7 Å². The summed E-state index contributed by atoms with van der Waals surface area (Å²) < 4.78 is 0. The number of rotatable bonds is 11. The summed E-state index contributed by atoms with van der Waals surface area (Å²) in [5.41, 5.74) is 2.07. The molecule has 0 spiro atoms. The van der Waals surface area contributed by atoms with Crippen LogP contribution >= 0.6 is 0 Å². The Morgan fingerprint density at radius 2 is 1.62 bits per heavy atom. The van der Waals surface area contributed by atoms with Gasteiger partial charge in [-0.2, -0.15) is 0 Å². The lowest BCUT2D eigenvalue weighted by molar-refractivity contribution is -0.213. The van der Waals surface area contributed by atoms with Crippen LogP contribution in [0.25, 0.3) is 11.4 Å². The van der Waals surface area contributed by atoms with Crippen LogP contribution in [0, 0.1) is 0 Å². The van der Waals surface area contributed by atoms with Gasteiger partial charge in [0.25, 0.3) is 0 Å². The van der Waals surface area contributed by atoms with E-state index in [0.29, 0.717) is 18.0 Å². The minimum atomic E-state index is -0.370. The number of hydrogen-bond donors (Lipinski definition) is 0. The molecule has 1 aromatic heterocycles. The molecule has 0 saturated carbocycles. The topological polar surface area (TPSA) is 61.3 Å². The molecule has 0 amide bonds. The average molecular weight is 356 g/mol. The van der Waals surface area contributed by atoms with E-state index < -0.39 is 0 Å². The van der Waals surface area contributed by atoms with Crippen molar-refractivity contribution >= 4 is 5.97 Å². The SMILES string of the molecule is CCCCCCCc1cnc(-c2ccc(OOC(=O)CCC)cc2)nc1. The highest BCUT2D eigenvalue weighted by Gasteiger charge is 2.06. The Morgan fingerprint density at radius 1 is 0.923 bits per heavy atom. The lowest BCUT2D eigenvalue weighted by atomic mass is 10.1. The predicted octanol–water partition coefficient (Wildman–Crippen LogP) is 5.29. The van der Waals surface area contributed by atoms with Crippen molar-refractivity contribution in [2.45, 2.75) is 65.2 Å². The van der Waals surface area contributed by atoms with Crippen molar-refractivity contribution in [3.63, 3.8) is 0 Å². The number of carbonyl (C=O) groups is 1. The molecule has 0 aliphatic rings. The third-order valence-electron chi connectivity index (χ3n) is 4.07. The molecule has 0 aliphatic carbocycles. The number of carbonyl (C=O) groups excluding carboxylic acids is 1. The van der Waals surface area contributed by atoms with Gasteiger partial charge < -0.3 is 0 Å². The first-order valence-electron chi connectivity index (χ1n) is 9.51. The van der Waals surface area contributed by atoms with E-state index in [1.165, 1.54) is 37.7 Å². The minimum absolute atomic E-state index is 0.344. The highest BCUT2D eigenvalue weighted by molar-refractivity contribution is 5.68. The number of unbranched alkanes of at least 4 members (excludes halogenated alkanes) is 4.